The molecule has 0 aliphatic carbocycles. The van der Waals surface area contributed by atoms with Crippen molar-refractivity contribution in [2.75, 3.05) is 26.9 Å². The molecular weight excluding hydrogens is 552 g/mol. The number of rotatable bonds is 10. The van der Waals surface area contributed by atoms with E-state index >= 15 is 0 Å². The molecule has 2 saturated heterocycles. The van der Waals surface area contributed by atoms with Gasteiger partial charge in [-0.1, -0.05) is 56.0 Å². The zero-order chi connectivity index (χ0) is 29.6. The van der Waals surface area contributed by atoms with E-state index in [0.29, 0.717) is 5.56 Å². The molecule has 2 aliphatic rings. The Morgan fingerprint density at radius 3 is 2.15 bits per heavy atom. The van der Waals surface area contributed by atoms with Crippen LogP contribution in [-0.2, 0) is 38.0 Å². The average molecular weight is 589 g/mol. The van der Waals surface area contributed by atoms with E-state index < -0.39 is 75.7 Å². The van der Waals surface area contributed by atoms with Crippen molar-refractivity contribution in [3.63, 3.8) is 0 Å². The molecule has 0 saturated carbocycles. The Kier molecular flexibility index (Phi) is 9.95. The van der Waals surface area contributed by atoms with Crippen LogP contribution in [0.5, 0.6) is 0 Å². The summed E-state index contributed by atoms with van der Waals surface area (Å²) in [4.78, 5) is 38.1. The highest BCUT2D eigenvalue weighted by atomic mass is 28.3. The SMILES string of the molecule is COC(=O)[C@H]1OC[C@@]2(O)[C@H](O1)[C@@H](OC(=O)c1ccccc1)[C@H](OCC[Si](C)(C)C)O[C@@H]2COC(=O)c1ccccc1. The highest BCUT2D eigenvalue weighted by Crippen LogP contribution is 2.39. The molecule has 0 amide bonds. The van der Waals surface area contributed by atoms with Gasteiger partial charge in [-0.25, -0.2) is 14.4 Å². The van der Waals surface area contributed by atoms with Crippen LogP contribution in [0.3, 0.4) is 0 Å². The number of carbonyl (C=O) groups excluding carboxylic acids is 3. The molecule has 0 radical (unpaired) electrons. The number of aliphatic hydroxyl groups is 1. The van der Waals surface area contributed by atoms with Gasteiger partial charge in [0.15, 0.2) is 12.4 Å². The molecule has 222 valence electrons. The third-order valence-corrected chi connectivity index (χ3v) is 8.51. The third kappa shape index (κ3) is 7.59. The van der Waals surface area contributed by atoms with Crippen LogP contribution in [0.4, 0.5) is 0 Å². The first-order chi connectivity index (χ1) is 19.5. The number of fused-ring (bicyclic) bond motifs is 1. The summed E-state index contributed by atoms with van der Waals surface area (Å²) in [5.74, 6) is -2.18. The van der Waals surface area contributed by atoms with Crippen LogP contribution in [0.2, 0.25) is 25.7 Å². The molecule has 11 nitrogen and oxygen atoms in total. The molecule has 0 aromatic heterocycles. The van der Waals surface area contributed by atoms with E-state index in [9.17, 15) is 19.5 Å². The van der Waals surface area contributed by atoms with E-state index in [0.717, 1.165) is 6.04 Å². The summed E-state index contributed by atoms with van der Waals surface area (Å²) in [7, 11) is -0.365. The maximum Gasteiger partial charge on any atom is 0.363 e. The predicted molar refractivity (Wildman–Crippen MR) is 147 cm³/mol. The fraction of sp³-hybridized carbons (Fsp3) is 0.483. The van der Waals surface area contributed by atoms with Crippen molar-refractivity contribution < 1.29 is 52.6 Å². The van der Waals surface area contributed by atoms with Crippen molar-refractivity contribution in [3.05, 3.63) is 71.8 Å². The quantitative estimate of drug-likeness (QED) is 0.249. The molecule has 4 rings (SSSR count). The number of methoxy groups -OCH3 is 1. The van der Waals surface area contributed by atoms with Gasteiger partial charge >= 0.3 is 17.9 Å². The second-order valence-corrected chi connectivity index (χ2v) is 16.7. The Labute approximate surface area is 239 Å². The fourth-order valence-corrected chi connectivity index (χ4v) is 5.16. The Morgan fingerprint density at radius 2 is 1.56 bits per heavy atom. The van der Waals surface area contributed by atoms with E-state index in [-0.39, 0.29) is 12.2 Å². The maximum absolute atomic E-state index is 13.1. The summed E-state index contributed by atoms with van der Waals surface area (Å²) in [5, 5.41) is 11.9. The molecule has 6 atom stereocenters. The largest absolute Gasteiger partial charge is 0.465 e. The summed E-state index contributed by atoms with van der Waals surface area (Å²) in [6.45, 7) is 5.95. The lowest BCUT2D eigenvalue weighted by atomic mass is 9.83. The van der Waals surface area contributed by atoms with Gasteiger partial charge in [0, 0.05) is 14.7 Å². The summed E-state index contributed by atoms with van der Waals surface area (Å²) in [6.07, 6.45) is -6.62. The highest BCUT2D eigenvalue weighted by Gasteiger charge is 2.62. The standard InChI is InChI=1S/C29H36O11Si/c1-34-26(32)28-37-18-29(33)21(17-36-24(30)19-11-7-5-8-12-19)38-27(35-15-16-41(2,3)4)22(23(29)40-28)39-25(31)20-13-9-6-10-14-20/h5-14,21-23,27-28,33H,15-18H2,1-4H3/t21-,22-,23-,27-,28+,29+/m1/s1. The fourth-order valence-electron chi connectivity index (χ4n) is 4.43. The zero-order valence-electron chi connectivity index (χ0n) is 23.5. The first-order valence-electron chi connectivity index (χ1n) is 13.3. The summed E-state index contributed by atoms with van der Waals surface area (Å²) in [6, 6.07) is 17.4. The Bertz CT molecular complexity index is 1190. The van der Waals surface area contributed by atoms with Crippen molar-refractivity contribution in [2.45, 2.75) is 62.2 Å². The lowest BCUT2D eigenvalue weighted by Gasteiger charge is -2.53. The van der Waals surface area contributed by atoms with Gasteiger partial charge in [0.25, 0.3) is 6.29 Å². The minimum absolute atomic E-state index is 0.257. The average Bonchev–Trinajstić information content (AvgIpc) is 2.96. The minimum atomic E-state index is -2.00. The lowest BCUT2D eigenvalue weighted by molar-refractivity contribution is -0.387. The number of ether oxygens (including phenoxy) is 7. The molecule has 0 bridgehead atoms. The smallest absolute Gasteiger partial charge is 0.363 e. The zero-order valence-corrected chi connectivity index (χ0v) is 24.5. The van der Waals surface area contributed by atoms with E-state index in [1.54, 1.807) is 60.7 Å². The Morgan fingerprint density at radius 1 is 0.951 bits per heavy atom. The monoisotopic (exact) mass is 588 g/mol. The molecule has 12 heteroatoms. The second-order valence-electron chi connectivity index (χ2n) is 11.1. The van der Waals surface area contributed by atoms with E-state index in [1.807, 2.05) is 0 Å². The van der Waals surface area contributed by atoms with Crippen molar-refractivity contribution >= 4 is 26.0 Å². The van der Waals surface area contributed by atoms with Crippen LogP contribution in [-0.4, -0.2) is 94.5 Å². The molecular formula is C29H36O11Si. The summed E-state index contributed by atoms with van der Waals surface area (Å²) in [5.41, 5.74) is -1.43. The molecule has 2 heterocycles. The molecule has 2 aromatic carbocycles. The first-order valence-corrected chi connectivity index (χ1v) is 17.0. The van der Waals surface area contributed by atoms with Crippen LogP contribution >= 0.6 is 0 Å². The molecule has 0 unspecified atom stereocenters. The van der Waals surface area contributed by atoms with Gasteiger partial charge in [0.1, 0.15) is 24.4 Å². The van der Waals surface area contributed by atoms with Gasteiger partial charge in [0.2, 0.25) is 0 Å². The van der Waals surface area contributed by atoms with Crippen molar-refractivity contribution in [2.24, 2.45) is 0 Å². The van der Waals surface area contributed by atoms with E-state index in [2.05, 4.69) is 19.6 Å². The van der Waals surface area contributed by atoms with Gasteiger partial charge in [-0.05, 0) is 30.3 Å². The van der Waals surface area contributed by atoms with Crippen LogP contribution in [0, 0.1) is 0 Å². The third-order valence-electron chi connectivity index (χ3n) is 6.81. The lowest BCUT2D eigenvalue weighted by Crippen LogP contribution is -2.73. The molecule has 2 aromatic rings. The van der Waals surface area contributed by atoms with Gasteiger partial charge in [0.05, 0.1) is 24.8 Å². The Hall–Kier alpha value is -3.13. The van der Waals surface area contributed by atoms with Crippen molar-refractivity contribution in [1.29, 1.82) is 0 Å². The molecule has 2 fully saturated rings. The summed E-state index contributed by atoms with van der Waals surface area (Å²) >= 11 is 0. The van der Waals surface area contributed by atoms with Crippen LogP contribution in [0.25, 0.3) is 0 Å². The number of esters is 3. The van der Waals surface area contributed by atoms with Crippen LogP contribution in [0.15, 0.2) is 60.7 Å². The van der Waals surface area contributed by atoms with E-state index in [4.69, 9.17) is 33.2 Å². The van der Waals surface area contributed by atoms with Crippen LogP contribution < -0.4 is 0 Å². The predicted octanol–water partition coefficient (Wildman–Crippen LogP) is 2.79. The van der Waals surface area contributed by atoms with Crippen molar-refractivity contribution in [1.82, 2.24) is 0 Å². The van der Waals surface area contributed by atoms with E-state index in [1.165, 1.54) is 7.11 Å². The highest BCUT2D eigenvalue weighted by molar-refractivity contribution is 6.76. The van der Waals surface area contributed by atoms with Gasteiger partial charge < -0.3 is 38.3 Å². The van der Waals surface area contributed by atoms with Gasteiger partial charge in [-0.3, -0.25) is 0 Å². The number of hydrogen-bond donors (Lipinski definition) is 1. The second kappa shape index (κ2) is 13.2. The van der Waals surface area contributed by atoms with Gasteiger partial charge in [-0.15, -0.1) is 0 Å². The number of hydrogen-bond acceptors (Lipinski definition) is 11. The normalized spacial score (nSPS) is 27.8. The molecule has 2 aliphatic heterocycles. The van der Waals surface area contributed by atoms with Crippen LogP contribution in [0.1, 0.15) is 20.7 Å². The number of benzene rings is 2. The van der Waals surface area contributed by atoms with Gasteiger partial charge in [-0.2, -0.15) is 0 Å². The van der Waals surface area contributed by atoms with Crippen molar-refractivity contribution in [3.8, 4) is 0 Å². The molecule has 41 heavy (non-hydrogen) atoms. The Balaban J connectivity index is 1.63. The number of carbonyl (C=O) groups is 3. The first kappa shape index (κ1) is 30.8. The molecule has 0 spiro atoms. The topological polar surface area (TPSA) is 136 Å². The summed E-state index contributed by atoms with van der Waals surface area (Å²) < 4.78 is 39.7. The molecule has 1 N–H and O–H groups in total. The minimum Gasteiger partial charge on any atom is -0.465 e. The maximum atomic E-state index is 13.1.